The van der Waals surface area contributed by atoms with Crippen LogP contribution in [0.15, 0.2) is 22.0 Å². The van der Waals surface area contributed by atoms with Crippen molar-refractivity contribution in [2.75, 3.05) is 14.2 Å². The maximum atomic E-state index is 10.4. The lowest BCUT2D eigenvalue weighted by Gasteiger charge is -2.15. The van der Waals surface area contributed by atoms with Gasteiger partial charge < -0.3 is 14.6 Å². The number of rotatable bonds is 5. The zero-order valence-corrected chi connectivity index (χ0v) is 13.9. The number of ether oxygens (including phenoxy) is 2. The average Bonchev–Trinajstić information content (AvgIpc) is 2.83. The molecule has 0 radical (unpaired) electrons. The molecular formula is C14H16BrNO3S. The first kappa shape index (κ1) is 15.3. The van der Waals surface area contributed by atoms with Gasteiger partial charge in [0.25, 0.3) is 0 Å². The number of aryl methyl sites for hydroxylation is 1. The molecule has 0 aliphatic carbocycles. The normalized spacial score (nSPS) is 12.2. The van der Waals surface area contributed by atoms with Crippen LogP contribution < -0.4 is 9.47 Å². The maximum absolute atomic E-state index is 10.4. The van der Waals surface area contributed by atoms with Gasteiger partial charge in [-0.2, -0.15) is 0 Å². The summed E-state index contributed by atoms with van der Waals surface area (Å²) in [6.45, 7) is 1.95. The minimum absolute atomic E-state index is 0.471. The number of halogens is 1. The van der Waals surface area contributed by atoms with Crippen LogP contribution in [-0.2, 0) is 6.42 Å². The Morgan fingerprint density at radius 3 is 2.50 bits per heavy atom. The summed E-state index contributed by atoms with van der Waals surface area (Å²) in [6, 6.07) is 3.58. The molecule has 1 aromatic heterocycles. The first-order valence-electron chi connectivity index (χ1n) is 6.05. The highest BCUT2D eigenvalue weighted by molar-refractivity contribution is 9.10. The van der Waals surface area contributed by atoms with Crippen LogP contribution in [0.25, 0.3) is 0 Å². The lowest BCUT2D eigenvalue weighted by molar-refractivity contribution is 0.176. The number of aliphatic hydroxyl groups excluding tert-OH is 1. The second kappa shape index (κ2) is 6.56. The molecule has 4 nitrogen and oxygen atoms in total. The van der Waals surface area contributed by atoms with E-state index in [0.717, 1.165) is 20.7 Å². The van der Waals surface area contributed by atoms with E-state index >= 15 is 0 Å². The summed E-state index contributed by atoms with van der Waals surface area (Å²) >= 11 is 5.04. The van der Waals surface area contributed by atoms with Crippen molar-refractivity contribution in [3.05, 3.63) is 38.3 Å². The van der Waals surface area contributed by atoms with Gasteiger partial charge in [-0.25, -0.2) is 4.98 Å². The quantitative estimate of drug-likeness (QED) is 0.889. The van der Waals surface area contributed by atoms with Gasteiger partial charge in [0.2, 0.25) is 0 Å². The number of aromatic nitrogens is 1. The van der Waals surface area contributed by atoms with E-state index in [1.54, 1.807) is 37.7 Å². The van der Waals surface area contributed by atoms with Gasteiger partial charge in [-0.05, 0) is 24.6 Å². The van der Waals surface area contributed by atoms with Gasteiger partial charge >= 0.3 is 0 Å². The second-order valence-electron chi connectivity index (χ2n) is 4.31. The maximum Gasteiger partial charge on any atom is 0.161 e. The molecule has 1 atom stereocenters. The van der Waals surface area contributed by atoms with Crippen molar-refractivity contribution in [2.24, 2.45) is 0 Å². The van der Waals surface area contributed by atoms with Gasteiger partial charge in [0, 0.05) is 16.3 Å². The van der Waals surface area contributed by atoms with Gasteiger partial charge in [-0.1, -0.05) is 15.9 Å². The predicted octanol–water partition coefficient (Wildman–Crippen LogP) is 3.51. The van der Waals surface area contributed by atoms with Crippen LogP contribution in [0.4, 0.5) is 0 Å². The molecule has 0 bridgehead atoms. The molecule has 0 spiro atoms. The second-order valence-corrected chi connectivity index (χ2v) is 6.22. The Morgan fingerprint density at radius 1 is 1.30 bits per heavy atom. The molecule has 6 heteroatoms. The van der Waals surface area contributed by atoms with Crippen molar-refractivity contribution < 1.29 is 14.6 Å². The topological polar surface area (TPSA) is 51.6 Å². The number of methoxy groups -OCH3 is 2. The molecule has 0 aliphatic rings. The van der Waals surface area contributed by atoms with E-state index in [1.165, 1.54) is 0 Å². The molecule has 1 N–H and O–H groups in total. The van der Waals surface area contributed by atoms with E-state index in [4.69, 9.17) is 9.47 Å². The molecule has 1 heterocycles. The Balaban J connectivity index is 2.27. The van der Waals surface area contributed by atoms with E-state index in [1.807, 2.05) is 12.3 Å². The Hall–Kier alpha value is -1.11. The molecule has 108 valence electrons. The summed E-state index contributed by atoms with van der Waals surface area (Å²) in [5, 5.41) is 13.4. The number of nitrogens with zero attached hydrogens (tertiary/aromatic N) is 1. The molecular weight excluding hydrogens is 342 g/mol. The highest BCUT2D eigenvalue weighted by Crippen LogP contribution is 2.36. The van der Waals surface area contributed by atoms with Gasteiger partial charge in [0.05, 0.1) is 31.0 Å². The highest BCUT2D eigenvalue weighted by atomic mass is 79.9. The zero-order valence-electron chi connectivity index (χ0n) is 11.5. The lowest BCUT2D eigenvalue weighted by Crippen LogP contribution is -2.04. The smallest absolute Gasteiger partial charge is 0.161 e. The summed E-state index contributed by atoms with van der Waals surface area (Å²) in [6.07, 6.45) is -0.177. The molecule has 1 unspecified atom stereocenters. The fourth-order valence-electron chi connectivity index (χ4n) is 1.94. The van der Waals surface area contributed by atoms with Crippen molar-refractivity contribution in [3.63, 3.8) is 0 Å². The molecule has 0 amide bonds. The van der Waals surface area contributed by atoms with Crippen LogP contribution >= 0.6 is 27.3 Å². The van der Waals surface area contributed by atoms with E-state index < -0.39 is 6.10 Å². The summed E-state index contributed by atoms with van der Waals surface area (Å²) < 4.78 is 11.3. The SMILES string of the molecule is COc1cc(Br)c(C(O)Cc2csc(C)n2)cc1OC. The van der Waals surface area contributed by atoms with Gasteiger partial charge in [-0.15, -0.1) is 11.3 Å². The standard InChI is InChI=1S/C14H16BrNO3S/c1-8-16-9(7-20-8)4-12(17)10-5-13(18-2)14(19-3)6-11(10)15/h5-7,12,17H,4H2,1-3H3. The zero-order chi connectivity index (χ0) is 14.7. The number of hydrogen-bond acceptors (Lipinski definition) is 5. The molecule has 2 rings (SSSR count). The van der Waals surface area contributed by atoms with E-state index in [9.17, 15) is 5.11 Å². The molecule has 1 aromatic carbocycles. The first-order valence-corrected chi connectivity index (χ1v) is 7.73. The Bertz CT molecular complexity index is 600. The van der Waals surface area contributed by atoms with Crippen LogP contribution in [0.3, 0.4) is 0 Å². The van der Waals surface area contributed by atoms with Crippen LogP contribution in [0.1, 0.15) is 22.4 Å². The molecule has 0 fully saturated rings. The van der Waals surface area contributed by atoms with Crippen molar-refractivity contribution >= 4 is 27.3 Å². The third-order valence-corrected chi connectivity index (χ3v) is 4.44. The summed E-state index contributed by atoms with van der Waals surface area (Å²) in [7, 11) is 3.16. The van der Waals surface area contributed by atoms with Crippen LogP contribution in [0.5, 0.6) is 11.5 Å². The third-order valence-electron chi connectivity index (χ3n) is 2.93. The Kier molecular flexibility index (Phi) is 5.01. The fourth-order valence-corrected chi connectivity index (χ4v) is 3.15. The highest BCUT2D eigenvalue weighted by Gasteiger charge is 2.17. The minimum atomic E-state index is -0.648. The van der Waals surface area contributed by atoms with Crippen molar-refractivity contribution in [3.8, 4) is 11.5 Å². The lowest BCUT2D eigenvalue weighted by atomic mass is 10.0. The van der Waals surface area contributed by atoms with Gasteiger partial charge in [-0.3, -0.25) is 0 Å². The van der Waals surface area contributed by atoms with Crippen molar-refractivity contribution in [1.82, 2.24) is 4.98 Å². The largest absolute Gasteiger partial charge is 0.493 e. The molecule has 2 aromatic rings. The Labute approximate surface area is 130 Å². The fraction of sp³-hybridized carbons (Fsp3) is 0.357. The number of benzene rings is 1. The number of thiazole rings is 1. The van der Waals surface area contributed by atoms with Crippen LogP contribution in [0, 0.1) is 6.92 Å². The summed E-state index contributed by atoms with van der Waals surface area (Å²) in [5.74, 6) is 1.22. The molecule has 0 saturated heterocycles. The van der Waals surface area contributed by atoms with Crippen LogP contribution in [-0.4, -0.2) is 24.3 Å². The predicted molar refractivity (Wildman–Crippen MR) is 82.8 cm³/mol. The van der Waals surface area contributed by atoms with E-state index in [0.29, 0.717) is 17.9 Å². The van der Waals surface area contributed by atoms with Crippen molar-refractivity contribution in [2.45, 2.75) is 19.4 Å². The third kappa shape index (κ3) is 3.31. The molecule has 20 heavy (non-hydrogen) atoms. The monoisotopic (exact) mass is 357 g/mol. The minimum Gasteiger partial charge on any atom is -0.493 e. The molecule has 0 aliphatic heterocycles. The molecule has 0 saturated carbocycles. The van der Waals surface area contributed by atoms with Gasteiger partial charge in [0.15, 0.2) is 11.5 Å². The summed E-state index contributed by atoms with van der Waals surface area (Å²) in [4.78, 5) is 4.37. The van der Waals surface area contributed by atoms with Crippen LogP contribution in [0.2, 0.25) is 0 Å². The Morgan fingerprint density at radius 2 is 1.95 bits per heavy atom. The first-order chi connectivity index (χ1) is 9.55. The number of hydrogen-bond donors (Lipinski definition) is 1. The van der Waals surface area contributed by atoms with Crippen molar-refractivity contribution in [1.29, 1.82) is 0 Å². The number of aliphatic hydroxyl groups is 1. The van der Waals surface area contributed by atoms with E-state index in [-0.39, 0.29) is 0 Å². The summed E-state index contributed by atoms with van der Waals surface area (Å²) in [5.41, 5.74) is 1.65. The average molecular weight is 358 g/mol. The van der Waals surface area contributed by atoms with Gasteiger partial charge in [0.1, 0.15) is 0 Å². The van der Waals surface area contributed by atoms with E-state index in [2.05, 4.69) is 20.9 Å².